The molecule has 4 rings (SSSR count). The van der Waals surface area contributed by atoms with E-state index in [0.29, 0.717) is 18.8 Å². The van der Waals surface area contributed by atoms with Crippen LogP contribution >= 0.6 is 11.8 Å². The van der Waals surface area contributed by atoms with Crippen molar-refractivity contribution in [2.24, 2.45) is 10.7 Å². The molecule has 1 unspecified atom stereocenters. The quantitative estimate of drug-likeness (QED) is 0.596. The number of amidine groups is 1. The van der Waals surface area contributed by atoms with Crippen molar-refractivity contribution in [2.75, 3.05) is 18.0 Å². The Balaban J connectivity index is 1.57. The summed E-state index contributed by atoms with van der Waals surface area (Å²) >= 11 is 1.69. The molecule has 2 heterocycles. The van der Waals surface area contributed by atoms with Gasteiger partial charge >= 0.3 is 6.18 Å². The largest absolute Gasteiger partial charge is 0.421 e. The molecular formula is C24H27F3N4S. The summed E-state index contributed by atoms with van der Waals surface area (Å²) in [5, 5.41) is 0. The zero-order valence-corrected chi connectivity index (χ0v) is 18.8. The highest BCUT2D eigenvalue weighted by atomic mass is 32.2. The first kappa shape index (κ1) is 22.7. The Morgan fingerprint density at radius 1 is 1.06 bits per heavy atom. The number of thioether (sulfide) groups is 1. The molecule has 2 aliphatic rings. The van der Waals surface area contributed by atoms with Crippen LogP contribution in [0.4, 0.5) is 18.9 Å². The average Bonchev–Trinajstić information content (AvgIpc) is 2.78. The number of likely N-dealkylation sites (tertiary alicyclic amines) is 1. The van der Waals surface area contributed by atoms with E-state index in [9.17, 15) is 13.2 Å². The molecule has 0 aliphatic carbocycles. The second kappa shape index (κ2) is 9.58. The van der Waals surface area contributed by atoms with Gasteiger partial charge in [0.1, 0.15) is 11.4 Å². The minimum atomic E-state index is -4.51. The SMILES string of the molecule is Cc1cc(SCc2ccccc2)ccc1N1C=C(C(F)(F)F)C(N2CCCCC2)=NC1N. The zero-order chi connectivity index (χ0) is 22.7. The first-order valence-corrected chi connectivity index (χ1v) is 11.7. The maximum Gasteiger partial charge on any atom is 0.421 e. The number of benzene rings is 2. The van der Waals surface area contributed by atoms with Crippen LogP contribution < -0.4 is 10.6 Å². The Bertz CT molecular complexity index is 998. The number of halogens is 3. The lowest BCUT2D eigenvalue weighted by Gasteiger charge is -2.38. The van der Waals surface area contributed by atoms with Crippen LogP contribution in [-0.2, 0) is 5.75 Å². The number of hydrogen-bond donors (Lipinski definition) is 1. The summed E-state index contributed by atoms with van der Waals surface area (Å²) in [7, 11) is 0. The summed E-state index contributed by atoms with van der Waals surface area (Å²) in [4.78, 5) is 8.50. The molecule has 0 amide bonds. The molecule has 2 aliphatic heterocycles. The molecule has 2 aromatic carbocycles. The fourth-order valence-electron chi connectivity index (χ4n) is 4.05. The van der Waals surface area contributed by atoms with Crippen LogP contribution in [0.5, 0.6) is 0 Å². The van der Waals surface area contributed by atoms with Crippen LogP contribution in [0.3, 0.4) is 0 Å². The van der Waals surface area contributed by atoms with Crippen LogP contribution in [0, 0.1) is 6.92 Å². The molecule has 2 aromatic rings. The van der Waals surface area contributed by atoms with Crippen LogP contribution in [0.1, 0.15) is 30.4 Å². The minimum absolute atomic E-state index is 0.0337. The number of aryl methyl sites for hydroxylation is 1. The van der Waals surface area contributed by atoms with Gasteiger partial charge in [-0.25, -0.2) is 4.99 Å². The van der Waals surface area contributed by atoms with Crippen molar-refractivity contribution in [1.29, 1.82) is 0 Å². The Labute approximate surface area is 191 Å². The van der Waals surface area contributed by atoms with Crippen LogP contribution in [0.15, 0.2) is 70.2 Å². The normalized spacial score (nSPS) is 19.6. The minimum Gasteiger partial charge on any atom is -0.356 e. The van der Waals surface area contributed by atoms with Gasteiger partial charge in [-0.3, -0.25) is 5.73 Å². The monoisotopic (exact) mass is 460 g/mol. The number of alkyl halides is 3. The van der Waals surface area contributed by atoms with E-state index in [1.54, 1.807) is 16.7 Å². The van der Waals surface area contributed by atoms with Gasteiger partial charge in [0.25, 0.3) is 0 Å². The first-order chi connectivity index (χ1) is 15.3. The van der Waals surface area contributed by atoms with Crippen molar-refractivity contribution in [3.8, 4) is 0 Å². The fraction of sp³-hybridized carbons (Fsp3) is 0.375. The van der Waals surface area contributed by atoms with Crippen LogP contribution in [0.2, 0.25) is 0 Å². The van der Waals surface area contributed by atoms with E-state index in [2.05, 4.69) is 17.1 Å². The molecule has 170 valence electrons. The van der Waals surface area contributed by atoms with Gasteiger partial charge < -0.3 is 9.80 Å². The first-order valence-electron chi connectivity index (χ1n) is 10.8. The second-order valence-corrected chi connectivity index (χ2v) is 9.13. The summed E-state index contributed by atoms with van der Waals surface area (Å²) in [6.45, 7) is 3.04. The van der Waals surface area contributed by atoms with E-state index in [4.69, 9.17) is 5.73 Å². The number of aliphatic imine (C=N–C) groups is 1. The van der Waals surface area contributed by atoms with Crippen molar-refractivity contribution in [3.63, 3.8) is 0 Å². The second-order valence-electron chi connectivity index (χ2n) is 8.08. The summed E-state index contributed by atoms with van der Waals surface area (Å²) < 4.78 is 41.8. The molecule has 0 aromatic heterocycles. The van der Waals surface area contributed by atoms with Gasteiger partial charge in [-0.15, -0.1) is 11.8 Å². The maximum atomic E-state index is 13.9. The van der Waals surface area contributed by atoms with Gasteiger partial charge in [-0.1, -0.05) is 30.3 Å². The number of hydrogen-bond acceptors (Lipinski definition) is 5. The van der Waals surface area contributed by atoms with Crippen molar-refractivity contribution in [3.05, 3.63) is 71.4 Å². The van der Waals surface area contributed by atoms with Crippen LogP contribution in [0.25, 0.3) is 0 Å². The van der Waals surface area contributed by atoms with E-state index in [-0.39, 0.29) is 5.84 Å². The summed E-state index contributed by atoms with van der Waals surface area (Å²) in [5.74, 6) is 0.790. The van der Waals surface area contributed by atoms with Crippen molar-refractivity contribution in [2.45, 2.75) is 49.3 Å². The standard InChI is InChI=1S/C24H27F3N4S/c1-17-14-19(32-16-18-8-4-2-5-9-18)10-11-21(17)31-15-20(24(25,26)27)22(29-23(31)28)30-12-6-3-7-13-30/h2,4-5,8-11,14-15,23H,3,6-7,12-13,16,28H2,1H3. The number of nitrogens with zero attached hydrogens (tertiary/aromatic N) is 3. The molecule has 32 heavy (non-hydrogen) atoms. The summed E-state index contributed by atoms with van der Waals surface area (Å²) in [6, 6.07) is 15.9. The molecule has 0 radical (unpaired) electrons. The molecule has 0 saturated carbocycles. The molecule has 8 heteroatoms. The number of nitrogens with two attached hydrogens (primary N) is 1. The fourth-order valence-corrected chi connectivity index (χ4v) is 5.00. The van der Waals surface area contributed by atoms with Gasteiger partial charge in [0.05, 0.1) is 0 Å². The highest BCUT2D eigenvalue weighted by molar-refractivity contribution is 7.98. The lowest BCUT2D eigenvalue weighted by Crippen LogP contribution is -2.49. The smallest absolute Gasteiger partial charge is 0.356 e. The Morgan fingerprint density at radius 2 is 1.78 bits per heavy atom. The molecule has 1 fully saturated rings. The molecule has 1 saturated heterocycles. The topological polar surface area (TPSA) is 44.9 Å². The van der Waals surface area contributed by atoms with E-state index >= 15 is 0 Å². The Kier molecular flexibility index (Phi) is 6.81. The maximum absolute atomic E-state index is 13.9. The number of piperidine rings is 1. The molecule has 4 nitrogen and oxygen atoms in total. The lowest BCUT2D eigenvalue weighted by atomic mass is 10.1. The van der Waals surface area contributed by atoms with Crippen LogP contribution in [-0.4, -0.2) is 36.3 Å². The van der Waals surface area contributed by atoms with E-state index in [1.165, 1.54) is 10.5 Å². The highest BCUT2D eigenvalue weighted by Crippen LogP contribution is 2.35. The predicted molar refractivity (Wildman–Crippen MR) is 125 cm³/mol. The Morgan fingerprint density at radius 3 is 2.44 bits per heavy atom. The van der Waals surface area contributed by atoms with Gasteiger partial charge in [0.15, 0.2) is 6.29 Å². The van der Waals surface area contributed by atoms with Gasteiger partial charge in [0.2, 0.25) is 0 Å². The van der Waals surface area contributed by atoms with Gasteiger partial charge in [-0.05, 0) is 55.5 Å². The average molecular weight is 461 g/mol. The third kappa shape index (κ3) is 5.13. The van der Waals surface area contributed by atoms with Crippen molar-refractivity contribution >= 4 is 23.3 Å². The van der Waals surface area contributed by atoms with Crippen molar-refractivity contribution in [1.82, 2.24) is 4.90 Å². The number of anilines is 1. The third-order valence-electron chi connectivity index (χ3n) is 5.70. The zero-order valence-electron chi connectivity index (χ0n) is 18.0. The van der Waals surface area contributed by atoms with E-state index in [1.807, 2.05) is 43.3 Å². The summed E-state index contributed by atoms with van der Waals surface area (Å²) in [5.41, 5.74) is 8.22. The van der Waals surface area contributed by atoms with Gasteiger partial charge in [-0.2, -0.15) is 13.2 Å². The third-order valence-corrected chi connectivity index (χ3v) is 6.77. The highest BCUT2D eigenvalue weighted by Gasteiger charge is 2.42. The molecule has 0 spiro atoms. The summed E-state index contributed by atoms with van der Waals surface area (Å²) in [6.07, 6.45) is -1.52. The van der Waals surface area contributed by atoms with Gasteiger partial charge in [0, 0.05) is 35.6 Å². The molecule has 0 bridgehead atoms. The molecule has 1 atom stereocenters. The van der Waals surface area contributed by atoms with E-state index < -0.39 is 18.0 Å². The lowest BCUT2D eigenvalue weighted by molar-refractivity contribution is -0.0875. The van der Waals surface area contributed by atoms with Crippen molar-refractivity contribution < 1.29 is 13.2 Å². The Hall–Kier alpha value is -2.45. The number of rotatable bonds is 4. The molecule has 2 N–H and O–H groups in total. The van der Waals surface area contributed by atoms with E-state index in [0.717, 1.165) is 41.7 Å². The molecular weight excluding hydrogens is 433 g/mol. The predicted octanol–water partition coefficient (Wildman–Crippen LogP) is 5.68.